The van der Waals surface area contributed by atoms with Gasteiger partial charge in [-0.3, -0.25) is 4.79 Å². The number of methoxy groups -OCH3 is 1. The third kappa shape index (κ3) is 4.18. The van der Waals surface area contributed by atoms with Gasteiger partial charge in [0.1, 0.15) is 6.54 Å². The lowest BCUT2D eigenvalue weighted by molar-refractivity contribution is -0.141. The van der Waals surface area contributed by atoms with Gasteiger partial charge in [-0.05, 0) is 35.0 Å². The standard InChI is InChI=1S/C14H14F3NO2S/c1-20-6-5-18(9-14(15,16)17)13(19)11-2-3-12-10(8-11)4-7-21-12/h2-4,7-8H,5-6,9H2,1H3. The molecule has 2 aromatic rings. The van der Waals surface area contributed by atoms with Gasteiger partial charge in [0.05, 0.1) is 6.61 Å². The topological polar surface area (TPSA) is 29.5 Å². The van der Waals surface area contributed by atoms with Gasteiger partial charge in [-0.25, -0.2) is 0 Å². The van der Waals surface area contributed by atoms with E-state index in [0.29, 0.717) is 0 Å². The first-order valence-corrected chi connectivity index (χ1v) is 7.11. The SMILES string of the molecule is COCCN(CC(F)(F)F)C(=O)c1ccc2sccc2c1. The van der Waals surface area contributed by atoms with E-state index < -0.39 is 18.6 Å². The third-order valence-corrected chi connectivity index (χ3v) is 3.82. The zero-order valence-electron chi connectivity index (χ0n) is 11.3. The Morgan fingerprint density at radius 3 is 2.76 bits per heavy atom. The van der Waals surface area contributed by atoms with Crippen LogP contribution in [0.25, 0.3) is 10.1 Å². The van der Waals surface area contributed by atoms with Crippen LogP contribution in [0.5, 0.6) is 0 Å². The van der Waals surface area contributed by atoms with Crippen LogP contribution in [0, 0.1) is 0 Å². The van der Waals surface area contributed by atoms with Crippen LogP contribution < -0.4 is 0 Å². The van der Waals surface area contributed by atoms with Crippen LogP contribution in [0.1, 0.15) is 10.4 Å². The molecule has 0 aliphatic heterocycles. The first kappa shape index (κ1) is 15.8. The van der Waals surface area contributed by atoms with Crippen LogP contribution in [0.4, 0.5) is 13.2 Å². The molecular formula is C14H14F3NO2S. The molecule has 2 rings (SSSR count). The summed E-state index contributed by atoms with van der Waals surface area (Å²) in [4.78, 5) is 13.0. The average molecular weight is 317 g/mol. The average Bonchev–Trinajstić information content (AvgIpc) is 2.88. The normalized spacial score (nSPS) is 11.8. The zero-order chi connectivity index (χ0) is 15.5. The second-order valence-corrected chi connectivity index (χ2v) is 5.46. The van der Waals surface area contributed by atoms with Crippen molar-refractivity contribution in [1.82, 2.24) is 4.90 Å². The Morgan fingerprint density at radius 1 is 1.33 bits per heavy atom. The van der Waals surface area contributed by atoms with Crippen molar-refractivity contribution in [2.75, 3.05) is 26.8 Å². The highest BCUT2D eigenvalue weighted by Crippen LogP contribution is 2.23. The van der Waals surface area contributed by atoms with Crippen molar-refractivity contribution in [2.24, 2.45) is 0 Å². The van der Waals surface area contributed by atoms with E-state index in [2.05, 4.69) is 0 Å². The van der Waals surface area contributed by atoms with Gasteiger partial charge in [0.2, 0.25) is 0 Å². The number of carbonyl (C=O) groups excluding carboxylic acids is 1. The minimum absolute atomic E-state index is 0.0581. The molecule has 1 aromatic heterocycles. The summed E-state index contributed by atoms with van der Waals surface area (Å²) in [6.45, 7) is -1.32. The number of nitrogens with zero attached hydrogens (tertiary/aromatic N) is 1. The van der Waals surface area contributed by atoms with Crippen LogP contribution in [-0.4, -0.2) is 43.8 Å². The third-order valence-electron chi connectivity index (χ3n) is 2.92. The molecule has 0 bridgehead atoms. The first-order valence-electron chi connectivity index (χ1n) is 6.23. The van der Waals surface area contributed by atoms with Gasteiger partial charge in [-0.15, -0.1) is 11.3 Å². The minimum Gasteiger partial charge on any atom is -0.383 e. The van der Waals surface area contributed by atoms with Crippen molar-refractivity contribution in [2.45, 2.75) is 6.18 Å². The summed E-state index contributed by atoms with van der Waals surface area (Å²) < 4.78 is 43.5. The summed E-state index contributed by atoms with van der Waals surface area (Å²) in [6, 6.07) is 6.75. The Bertz CT molecular complexity index is 624. The number of hydrogen-bond donors (Lipinski definition) is 0. The summed E-state index contributed by atoms with van der Waals surface area (Å²) in [5, 5.41) is 2.72. The largest absolute Gasteiger partial charge is 0.406 e. The molecule has 0 N–H and O–H groups in total. The molecule has 114 valence electrons. The van der Waals surface area contributed by atoms with Crippen LogP contribution in [0.2, 0.25) is 0 Å². The number of amides is 1. The maximum atomic E-state index is 12.6. The summed E-state index contributed by atoms with van der Waals surface area (Å²) in [6.07, 6.45) is -4.43. The second kappa shape index (κ2) is 6.44. The molecule has 0 saturated carbocycles. The Hall–Kier alpha value is -1.60. The fraction of sp³-hybridized carbons (Fsp3) is 0.357. The fourth-order valence-electron chi connectivity index (χ4n) is 1.95. The van der Waals surface area contributed by atoms with Crippen LogP contribution in [-0.2, 0) is 4.74 Å². The predicted octanol–water partition coefficient (Wildman–Crippen LogP) is 3.55. The van der Waals surface area contributed by atoms with Crippen molar-refractivity contribution in [1.29, 1.82) is 0 Å². The zero-order valence-corrected chi connectivity index (χ0v) is 12.1. The molecule has 21 heavy (non-hydrogen) atoms. The molecule has 3 nitrogen and oxygen atoms in total. The summed E-state index contributed by atoms with van der Waals surface area (Å²) in [5.74, 6) is -0.641. The van der Waals surface area contributed by atoms with E-state index in [1.165, 1.54) is 18.4 Å². The molecule has 0 radical (unpaired) electrons. The number of ether oxygens (including phenoxy) is 1. The Labute approximate surface area is 123 Å². The van der Waals surface area contributed by atoms with E-state index in [1.54, 1.807) is 18.2 Å². The lowest BCUT2D eigenvalue weighted by Gasteiger charge is -2.23. The van der Waals surface area contributed by atoms with E-state index >= 15 is 0 Å². The van der Waals surface area contributed by atoms with Crippen molar-refractivity contribution >= 4 is 27.3 Å². The van der Waals surface area contributed by atoms with Crippen molar-refractivity contribution in [3.8, 4) is 0 Å². The van der Waals surface area contributed by atoms with E-state index in [-0.39, 0.29) is 18.7 Å². The van der Waals surface area contributed by atoms with E-state index in [4.69, 9.17) is 4.74 Å². The highest BCUT2D eigenvalue weighted by Gasteiger charge is 2.33. The number of benzene rings is 1. The lowest BCUT2D eigenvalue weighted by Crippen LogP contribution is -2.40. The van der Waals surface area contributed by atoms with Gasteiger partial charge >= 0.3 is 6.18 Å². The summed E-state index contributed by atoms with van der Waals surface area (Å²) >= 11 is 1.52. The van der Waals surface area contributed by atoms with E-state index in [0.717, 1.165) is 15.0 Å². The van der Waals surface area contributed by atoms with Crippen LogP contribution >= 0.6 is 11.3 Å². The molecule has 0 atom stereocenters. The van der Waals surface area contributed by atoms with Crippen LogP contribution in [0.15, 0.2) is 29.6 Å². The molecule has 1 aromatic carbocycles. The van der Waals surface area contributed by atoms with Gasteiger partial charge < -0.3 is 9.64 Å². The molecule has 0 fully saturated rings. The first-order chi connectivity index (χ1) is 9.90. The monoisotopic (exact) mass is 317 g/mol. The summed E-state index contributed by atoms with van der Waals surface area (Å²) in [7, 11) is 1.38. The highest BCUT2D eigenvalue weighted by atomic mass is 32.1. The molecule has 1 amide bonds. The number of fused-ring (bicyclic) bond motifs is 1. The van der Waals surface area contributed by atoms with Gasteiger partial charge in [0, 0.05) is 23.9 Å². The number of alkyl halides is 3. The number of halogens is 3. The van der Waals surface area contributed by atoms with Crippen LogP contribution in [0.3, 0.4) is 0 Å². The number of hydrogen-bond acceptors (Lipinski definition) is 3. The molecule has 0 saturated heterocycles. The van der Waals surface area contributed by atoms with E-state index in [9.17, 15) is 18.0 Å². The van der Waals surface area contributed by atoms with Crippen molar-refractivity contribution in [3.63, 3.8) is 0 Å². The van der Waals surface area contributed by atoms with Gasteiger partial charge in [0.15, 0.2) is 0 Å². The molecule has 1 heterocycles. The van der Waals surface area contributed by atoms with E-state index in [1.807, 2.05) is 11.4 Å². The second-order valence-electron chi connectivity index (χ2n) is 4.51. The molecular weight excluding hydrogens is 303 g/mol. The van der Waals surface area contributed by atoms with Crippen molar-refractivity contribution in [3.05, 3.63) is 35.2 Å². The molecule has 0 unspecified atom stereocenters. The summed E-state index contributed by atoms with van der Waals surface area (Å²) in [5.41, 5.74) is 0.251. The maximum Gasteiger partial charge on any atom is 0.406 e. The number of carbonyl (C=O) groups is 1. The molecule has 7 heteroatoms. The number of thiophene rings is 1. The molecule has 0 aliphatic carbocycles. The van der Waals surface area contributed by atoms with Gasteiger partial charge in [0.25, 0.3) is 5.91 Å². The minimum atomic E-state index is -4.43. The maximum absolute atomic E-state index is 12.6. The Morgan fingerprint density at radius 2 is 2.10 bits per heavy atom. The lowest BCUT2D eigenvalue weighted by atomic mass is 10.1. The fourth-order valence-corrected chi connectivity index (χ4v) is 2.72. The Kier molecular flexibility index (Phi) is 4.84. The van der Waals surface area contributed by atoms with Gasteiger partial charge in [-0.2, -0.15) is 13.2 Å². The predicted molar refractivity (Wildman–Crippen MR) is 75.7 cm³/mol. The van der Waals surface area contributed by atoms with Gasteiger partial charge in [-0.1, -0.05) is 0 Å². The smallest absolute Gasteiger partial charge is 0.383 e. The molecule has 0 aliphatic rings. The Balaban J connectivity index is 2.22. The molecule has 0 spiro atoms. The highest BCUT2D eigenvalue weighted by molar-refractivity contribution is 7.17. The van der Waals surface area contributed by atoms with Crippen molar-refractivity contribution < 1.29 is 22.7 Å². The number of rotatable bonds is 5. The quantitative estimate of drug-likeness (QED) is 0.844.